The van der Waals surface area contributed by atoms with Crippen molar-refractivity contribution in [1.82, 2.24) is 0 Å². The Labute approximate surface area is 212 Å². The minimum Gasteiger partial charge on any atom is -0.464 e. The number of esters is 4. The molecule has 3 aromatic carbocycles. The molecule has 1 aliphatic heterocycles. The van der Waals surface area contributed by atoms with Crippen molar-refractivity contribution < 1.29 is 42.9 Å². The molecule has 190 valence electrons. The molecule has 9 nitrogen and oxygen atoms in total. The smallest absolute Gasteiger partial charge is 0.379 e. The molecule has 0 N–H and O–H groups in total. The van der Waals surface area contributed by atoms with E-state index in [1.54, 1.807) is 78.9 Å². The van der Waals surface area contributed by atoms with Gasteiger partial charge in [0.05, 0.1) is 30.2 Å². The molecule has 0 unspecified atom stereocenters. The van der Waals surface area contributed by atoms with Crippen LogP contribution in [0.2, 0.25) is 0 Å². The molecule has 0 aliphatic carbocycles. The maximum Gasteiger partial charge on any atom is 0.379 e. The van der Waals surface area contributed by atoms with E-state index in [0.29, 0.717) is 5.56 Å². The van der Waals surface area contributed by atoms with E-state index in [1.807, 2.05) is 0 Å². The normalized spacial score (nSPS) is 20.5. The SMILES string of the molecule is COC(=O)[C@@]1(OC(=O)c2ccccc2)C[C@H](OC(=O)c2ccccc2)[C@@H](COC(=O)c2ccccc2)O1. The van der Waals surface area contributed by atoms with Gasteiger partial charge in [-0.1, -0.05) is 54.6 Å². The molecule has 0 bridgehead atoms. The first-order chi connectivity index (χ1) is 17.9. The first kappa shape index (κ1) is 25.6. The summed E-state index contributed by atoms with van der Waals surface area (Å²) < 4.78 is 27.2. The van der Waals surface area contributed by atoms with E-state index >= 15 is 0 Å². The molecule has 0 saturated carbocycles. The fourth-order valence-electron chi connectivity index (χ4n) is 3.80. The monoisotopic (exact) mass is 504 g/mol. The average molecular weight is 504 g/mol. The second-order valence-corrected chi connectivity index (χ2v) is 8.13. The Morgan fingerprint density at radius 3 is 1.76 bits per heavy atom. The Balaban J connectivity index is 1.58. The molecule has 0 aromatic heterocycles. The first-order valence-corrected chi connectivity index (χ1v) is 11.4. The van der Waals surface area contributed by atoms with E-state index < -0.39 is 41.9 Å². The quantitative estimate of drug-likeness (QED) is 0.335. The largest absolute Gasteiger partial charge is 0.464 e. The van der Waals surface area contributed by atoms with Crippen molar-refractivity contribution in [2.24, 2.45) is 0 Å². The molecule has 9 heteroatoms. The minimum absolute atomic E-state index is 0.172. The predicted octanol–water partition coefficient (Wildman–Crippen LogP) is 3.58. The minimum atomic E-state index is -2.23. The van der Waals surface area contributed by atoms with E-state index in [1.165, 1.54) is 12.1 Å². The second kappa shape index (κ2) is 11.5. The molecule has 1 heterocycles. The number of carbonyl (C=O) groups excluding carboxylic acids is 4. The predicted molar refractivity (Wildman–Crippen MR) is 128 cm³/mol. The van der Waals surface area contributed by atoms with Crippen molar-refractivity contribution in [3.63, 3.8) is 0 Å². The zero-order chi connectivity index (χ0) is 26.3. The summed E-state index contributed by atoms with van der Waals surface area (Å²) >= 11 is 0. The van der Waals surface area contributed by atoms with Crippen molar-refractivity contribution in [3.8, 4) is 0 Å². The van der Waals surface area contributed by atoms with Crippen LogP contribution in [0.4, 0.5) is 0 Å². The molecule has 37 heavy (non-hydrogen) atoms. The molecule has 1 aliphatic rings. The van der Waals surface area contributed by atoms with Gasteiger partial charge in [-0.15, -0.1) is 0 Å². The Bertz CT molecular complexity index is 1240. The van der Waals surface area contributed by atoms with Gasteiger partial charge >= 0.3 is 29.7 Å². The number of hydrogen-bond acceptors (Lipinski definition) is 9. The summed E-state index contributed by atoms with van der Waals surface area (Å²) in [4.78, 5) is 51.0. The van der Waals surface area contributed by atoms with Crippen molar-refractivity contribution in [1.29, 1.82) is 0 Å². The van der Waals surface area contributed by atoms with Crippen LogP contribution in [0.1, 0.15) is 37.5 Å². The van der Waals surface area contributed by atoms with Crippen LogP contribution in [0.15, 0.2) is 91.0 Å². The van der Waals surface area contributed by atoms with Gasteiger partial charge < -0.3 is 23.7 Å². The van der Waals surface area contributed by atoms with Crippen LogP contribution >= 0.6 is 0 Å². The van der Waals surface area contributed by atoms with E-state index in [2.05, 4.69) is 0 Å². The molecule has 0 amide bonds. The van der Waals surface area contributed by atoms with Crippen molar-refractivity contribution >= 4 is 23.9 Å². The van der Waals surface area contributed by atoms with E-state index in [-0.39, 0.29) is 24.2 Å². The maximum atomic E-state index is 12.8. The number of carbonyl (C=O) groups is 4. The van der Waals surface area contributed by atoms with Crippen LogP contribution in [0, 0.1) is 0 Å². The van der Waals surface area contributed by atoms with Gasteiger partial charge in [-0.05, 0) is 36.4 Å². The molecular weight excluding hydrogens is 480 g/mol. The first-order valence-electron chi connectivity index (χ1n) is 11.4. The Kier molecular flexibility index (Phi) is 7.95. The average Bonchev–Trinajstić information content (AvgIpc) is 3.30. The fraction of sp³-hybridized carbons (Fsp3) is 0.214. The Morgan fingerprint density at radius 2 is 1.24 bits per heavy atom. The molecule has 3 atom stereocenters. The lowest BCUT2D eigenvalue weighted by Gasteiger charge is -2.25. The highest BCUT2D eigenvalue weighted by Crippen LogP contribution is 2.36. The summed E-state index contributed by atoms with van der Waals surface area (Å²) in [7, 11) is 1.11. The molecule has 1 fully saturated rings. The van der Waals surface area contributed by atoms with Gasteiger partial charge in [0.25, 0.3) is 0 Å². The van der Waals surface area contributed by atoms with Gasteiger partial charge in [0.15, 0.2) is 0 Å². The fourth-order valence-corrected chi connectivity index (χ4v) is 3.80. The van der Waals surface area contributed by atoms with Crippen LogP contribution in [0.25, 0.3) is 0 Å². The number of benzene rings is 3. The highest BCUT2D eigenvalue weighted by atomic mass is 16.8. The van der Waals surface area contributed by atoms with Gasteiger partial charge in [-0.3, -0.25) is 0 Å². The third kappa shape index (κ3) is 6.02. The molecule has 3 aromatic rings. The van der Waals surface area contributed by atoms with E-state index in [9.17, 15) is 19.2 Å². The molecule has 0 radical (unpaired) electrons. The van der Waals surface area contributed by atoms with Crippen LogP contribution < -0.4 is 0 Å². The molecule has 4 rings (SSSR count). The van der Waals surface area contributed by atoms with Crippen molar-refractivity contribution in [2.75, 3.05) is 13.7 Å². The summed E-state index contributed by atoms with van der Waals surface area (Å²) in [6.07, 6.45) is -2.62. The van der Waals surface area contributed by atoms with Crippen molar-refractivity contribution in [3.05, 3.63) is 108 Å². The third-order valence-electron chi connectivity index (χ3n) is 5.65. The van der Waals surface area contributed by atoms with Gasteiger partial charge in [-0.2, -0.15) is 0 Å². The van der Waals surface area contributed by atoms with Crippen LogP contribution in [0.3, 0.4) is 0 Å². The van der Waals surface area contributed by atoms with Crippen LogP contribution in [0.5, 0.6) is 0 Å². The second-order valence-electron chi connectivity index (χ2n) is 8.13. The summed E-state index contributed by atoms with van der Waals surface area (Å²) in [5.74, 6) is -5.42. The summed E-state index contributed by atoms with van der Waals surface area (Å²) in [6.45, 7) is -0.387. The van der Waals surface area contributed by atoms with Crippen molar-refractivity contribution in [2.45, 2.75) is 24.4 Å². The summed E-state index contributed by atoms with van der Waals surface area (Å²) in [5, 5.41) is 0. The number of hydrogen-bond donors (Lipinski definition) is 0. The maximum absolute atomic E-state index is 12.8. The Morgan fingerprint density at radius 1 is 0.757 bits per heavy atom. The standard InChI is InChI=1S/C28H24O9/c1-33-27(32)28(37-26(31)21-15-9-4-10-16-21)17-22(35-25(30)20-13-7-3-8-14-20)23(36-28)18-34-24(29)19-11-5-2-6-12-19/h2-16,22-23H,17-18H2,1H3/t22-,23+,28-/m0/s1. The number of ether oxygens (including phenoxy) is 5. The Hall–Kier alpha value is -4.50. The van der Waals surface area contributed by atoms with E-state index in [0.717, 1.165) is 7.11 Å². The molecule has 0 spiro atoms. The van der Waals surface area contributed by atoms with Gasteiger partial charge in [-0.25, -0.2) is 19.2 Å². The van der Waals surface area contributed by atoms with Crippen LogP contribution in [-0.4, -0.2) is 55.6 Å². The molecular formula is C28H24O9. The van der Waals surface area contributed by atoms with Gasteiger partial charge in [0, 0.05) is 0 Å². The highest BCUT2D eigenvalue weighted by Gasteiger charge is 2.58. The highest BCUT2D eigenvalue weighted by molar-refractivity contribution is 5.93. The molecule has 1 saturated heterocycles. The van der Waals surface area contributed by atoms with Crippen LogP contribution in [-0.2, 0) is 28.5 Å². The lowest BCUT2D eigenvalue weighted by Crippen LogP contribution is -2.45. The lowest BCUT2D eigenvalue weighted by molar-refractivity contribution is -0.222. The summed E-state index contributed by atoms with van der Waals surface area (Å²) in [5.41, 5.74) is 0.735. The zero-order valence-electron chi connectivity index (χ0n) is 19.9. The topological polar surface area (TPSA) is 114 Å². The van der Waals surface area contributed by atoms with Gasteiger partial charge in [0.2, 0.25) is 0 Å². The number of rotatable bonds is 8. The zero-order valence-corrected chi connectivity index (χ0v) is 19.9. The van der Waals surface area contributed by atoms with Gasteiger partial charge in [0.1, 0.15) is 18.8 Å². The third-order valence-corrected chi connectivity index (χ3v) is 5.65. The lowest BCUT2D eigenvalue weighted by atomic mass is 10.1. The van der Waals surface area contributed by atoms with E-state index in [4.69, 9.17) is 23.7 Å². The number of methoxy groups -OCH3 is 1. The summed E-state index contributed by atoms with van der Waals surface area (Å²) in [6, 6.07) is 24.5.